The number of anilines is 1. The van der Waals surface area contributed by atoms with Gasteiger partial charge < -0.3 is 19.4 Å². The highest BCUT2D eigenvalue weighted by molar-refractivity contribution is 5.96. The number of benzene rings is 2. The maximum absolute atomic E-state index is 13.2. The van der Waals surface area contributed by atoms with E-state index in [-0.39, 0.29) is 30.0 Å². The van der Waals surface area contributed by atoms with Gasteiger partial charge in [-0.2, -0.15) is 0 Å². The van der Waals surface area contributed by atoms with Gasteiger partial charge in [-0.15, -0.1) is 4.91 Å². The van der Waals surface area contributed by atoms with E-state index in [1.807, 2.05) is 18.2 Å². The minimum Gasteiger partial charge on any atom is -0.490 e. The van der Waals surface area contributed by atoms with E-state index < -0.39 is 5.91 Å². The lowest BCUT2D eigenvalue weighted by molar-refractivity contribution is -0.127. The first-order chi connectivity index (χ1) is 21.2. The number of piperidine rings is 1. The first-order valence-electron chi connectivity index (χ1n) is 16.7. The third-order valence-electron chi connectivity index (χ3n) is 9.64. The molecule has 8 heteroatoms. The van der Waals surface area contributed by atoms with Gasteiger partial charge in [0, 0.05) is 50.2 Å². The van der Waals surface area contributed by atoms with Crippen LogP contribution in [0.1, 0.15) is 105 Å². The molecular weight excluding hydrogens is 552 g/mol. The number of carbonyl (C=O) groups is 2. The lowest BCUT2D eigenvalue weighted by Crippen LogP contribution is -2.37. The fourth-order valence-electron chi connectivity index (χ4n) is 6.70. The SMILES string of the molecule is CC(c1ccc(C(=O)N=O)cc1N(CC(=O)N(C)C)Cc1ccc(OC2CCN(C)CC2)cc1)C1CCCCCCCCC1. The summed E-state index contributed by atoms with van der Waals surface area (Å²) in [5.74, 6) is 0.780. The molecule has 0 aromatic heterocycles. The number of hydrogen-bond acceptors (Lipinski definition) is 6. The lowest BCUT2D eigenvalue weighted by atomic mass is 9.79. The second kappa shape index (κ2) is 16.7. The van der Waals surface area contributed by atoms with Crippen LogP contribution in [0.5, 0.6) is 5.75 Å². The van der Waals surface area contributed by atoms with Gasteiger partial charge in [0.15, 0.2) is 0 Å². The number of hydrogen-bond donors (Lipinski definition) is 0. The Labute approximate surface area is 264 Å². The van der Waals surface area contributed by atoms with Crippen molar-refractivity contribution in [3.63, 3.8) is 0 Å². The molecule has 1 aliphatic carbocycles. The van der Waals surface area contributed by atoms with Gasteiger partial charge in [-0.05, 0) is 80.0 Å². The summed E-state index contributed by atoms with van der Waals surface area (Å²) in [6.45, 7) is 5.00. The molecule has 0 radical (unpaired) electrons. The Kier molecular flexibility index (Phi) is 12.8. The molecule has 1 unspecified atom stereocenters. The first-order valence-corrected chi connectivity index (χ1v) is 16.7. The van der Waals surface area contributed by atoms with Crippen LogP contribution in [0.2, 0.25) is 0 Å². The molecule has 0 N–H and O–H groups in total. The highest BCUT2D eigenvalue weighted by atomic mass is 16.5. The predicted molar refractivity (Wildman–Crippen MR) is 177 cm³/mol. The largest absolute Gasteiger partial charge is 0.490 e. The van der Waals surface area contributed by atoms with E-state index in [2.05, 4.69) is 41.1 Å². The molecule has 0 spiro atoms. The van der Waals surface area contributed by atoms with Crippen molar-refractivity contribution in [3.05, 3.63) is 64.1 Å². The van der Waals surface area contributed by atoms with Crippen LogP contribution in [-0.4, -0.2) is 68.5 Å². The maximum Gasteiger partial charge on any atom is 0.316 e. The number of rotatable bonds is 10. The molecule has 1 aliphatic heterocycles. The van der Waals surface area contributed by atoms with E-state index in [9.17, 15) is 14.5 Å². The number of likely N-dealkylation sites (N-methyl/N-ethyl adjacent to an activating group) is 1. The zero-order valence-electron chi connectivity index (χ0n) is 27.3. The summed E-state index contributed by atoms with van der Waals surface area (Å²) in [4.78, 5) is 42.8. The third kappa shape index (κ3) is 9.62. The van der Waals surface area contributed by atoms with Crippen LogP contribution in [0.15, 0.2) is 47.6 Å². The monoisotopic (exact) mass is 604 g/mol. The van der Waals surface area contributed by atoms with Crippen molar-refractivity contribution in [1.82, 2.24) is 9.80 Å². The smallest absolute Gasteiger partial charge is 0.316 e. The molecule has 1 heterocycles. The Bertz CT molecular complexity index is 1210. The average molecular weight is 605 g/mol. The highest BCUT2D eigenvalue weighted by Crippen LogP contribution is 2.39. The summed E-state index contributed by atoms with van der Waals surface area (Å²) in [5, 5.41) is 2.70. The molecule has 1 atom stereocenters. The van der Waals surface area contributed by atoms with Crippen molar-refractivity contribution in [3.8, 4) is 5.75 Å². The van der Waals surface area contributed by atoms with Gasteiger partial charge in [0.1, 0.15) is 11.9 Å². The van der Waals surface area contributed by atoms with Crippen LogP contribution in [-0.2, 0) is 11.3 Å². The fourth-order valence-corrected chi connectivity index (χ4v) is 6.70. The van der Waals surface area contributed by atoms with E-state index in [1.54, 1.807) is 31.1 Å². The van der Waals surface area contributed by atoms with E-state index in [4.69, 9.17) is 4.74 Å². The minimum atomic E-state index is -0.793. The average Bonchev–Trinajstić information content (AvgIpc) is 3.04. The normalized spacial score (nSPS) is 18.3. The first kappa shape index (κ1) is 33.6. The van der Waals surface area contributed by atoms with Crippen LogP contribution >= 0.6 is 0 Å². The van der Waals surface area contributed by atoms with Crippen molar-refractivity contribution >= 4 is 17.5 Å². The summed E-state index contributed by atoms with van der Waals surface area (Å²) in [5.41, 5.74) is 3.23. The number of ether oxygens (including phenoxy) is 1. The molecule has 4 rings (SSSR count). The standard InChI is InChI=1S/C36H52N4O4/c1-27(29-12-10-8-6-5-7-9-11-13-29)33-19-16-30(36(42)37-43)24-34(33)40(26-35(41)38(2)3)25-28-14-17-31(18-15-28)44-32-20-22-39(4)23-21-32/h14-19,24,27,29,32H,5-13,20-23,25-26H2,1-4H3. The number of amides is 2. The van der Waals surface area contributed by atoms with Gasteiger partial charge >= 0.3 is 5.91 Å². The Morgan fingerprint density at radius 2 is 1.52 bits per heavy atom. The Morgan fingerprint density at radius 1 is 0.909 bits per heavy atom. The molecule has 1 saturated carbocycles. The van der Waals surface area contributed by atoms with E-state index in [0.29, 0.717) is 12.5 Å². The van der Waals surface area contributed by atoms with Gasteiger partial charge in [0.05, 0.1) is 6.54 Å². The molecule has 44 heavy (non-hydrogen) atoms. The summed E-state index contributed by atoms with van der Waals surface area (Å²) in [7, 11) is 5.66. The molecular formula is C36H52N4O4. The van der Waals surface area contributed by atoms with Crippen LogP contribution in [0, 0.1) is 10.8 Å². The number of carbonyl (C=O) groups excluding carboxylic acids is 2. The number of nitrogens with zero attached hydrogens (tertiary/aromatic N) is 4. The molecule has 8 nitrogen and oxygen atoms in total. The van der Waals surface area contributed by atoms with Crippen molar-refractivity contribution in [1.29, 1.82) is 0 Å². The molecule has 2 amide bonds. The quantitative estimate of drug-likeness (QED) is 0.263. The van der Waals surface area contributed by atoms with Crippen LogP contribution in [0.4, 0.5) is 5.69 Å². The summed E-state index contributed by atoms with van der Waals surface area (Å²) in [6.07, 6.45) is 13.6. The Balaban J connectivity index is 1.63. The van der Waals surface area contributed by atoms with E-state index >= 15 is 0 Å². The second-order valence-electron chi connectivity index (χ2n) is 13.2. The van der Waals surface area contributed by atoms with Crippen molar-refractivity contribution in [2.45, 2.75) is 96.1 Å². The molecule has 0 bridgehead atoms. The topological polar surface area (TPSA) is 82.5 Å². The summed E-state index contributed by atoms with van der Waals surface area (Å²) in [6, 6.07) is 13.6. The van der Waals surface area contributed by atoms with E-state index in [1.165, 1.54) is 57.8 Å². The molecule has 2 aliphatic rings. The van der Waals surface area contributed by atoms with Gasteiger partial charge in [0.25, 0.3) is 0 Å². The van der Waals surface area contributed by atoms with Crippen LogP contribution in [0.25, 0.3) is 0 Å². The predicted octanol–water partition coefficient (Wildman–Crippen LogP) is 7.41. The number of likely N-dealkylation sites (tertiary alicyclic amines) is 1. The molecule has 2 aromatic carbocycles. The molecule has 2 fully saturated rings. The van der Waals surface area contributed by atoms with E-state index in [0.717, 1.165) is 48.5 Å². The molecule has 240 valence electrons. The van der Waals surface area contributed by atoms with Gasteiger partial charge in [-0.25, -0.2) is 0 Å². The highest BCUT2D eigenvalue weighted by Gasteiger charge is 2.26. The fraction of sp³-hybridized carbons (Fsp3) is 0.611. The van der Waals surface area contributed by atoms with Crippen molar-refractivity contribution in [2.75, 3.05) is 45.7 Å². The van der Waals surface area contributed by atoms with Gasteiger partial charge in [-0.1, -0.05) is 70.1 Å². The Hall–Kier alpha value is -3.26. The zero-order valence-corrected chi connectivity index (χ0v) is 27.3. The maximum atomic E-state index is 13.2. The van der Waals surface area contributed by atoms with Crippen molar-refractivity contribution < 1.29 is 14.3 Å². The van der Waals surface area contributed by atoms with Gasteiger partial charge in [0.2, 0.25) is 5.91 Å². The molecule has 1 saturated heterocycles. The Morgan fingerprint density at radius 3 is 2.11 bits per heavy atom. The third-order valence-corrected chi connectivity index (χ3v) is 9.64. The zero-order chi connectivity index (χ0) is 31.5. The summed E-state index contributed by atoms with van der Waals surface area (Å²) < 4.78 is 6.27. The van der Waals surface area contributed by atoms with Crippen LogP contribution in [0.3, 0.4) is 0 Å². The van der Waals surface area contributed by atoms with Gasteiger partial charge in [-0.3, -0.25) is 9.59 Å². The second-order valence-corrected chi connectivity index (χ2v) is 13.2. The summed E-state index contributed by atoms with van der Waals surface area (Å²) >= 11 is 0. The molecule has 2 aromatic rings. The number of nitroso groups, excluding NO2 is 1. The van der Waals surface area contributed by atoms with Crippen molar-refractivity contribution in [2.24, 2.45) is 11.1 Å². The lowest BCUT2D eigenvalue weighted by Gasteiger charge is -2.33. The van der Waals surface area contributed by atoms with Crippen LogP contribution < -0.4 is 9.64 Å². The minimum absolute atomic E-state index is 0.0326.